The largest absolute Gasteiger partial charge is 0.278 e. The molecule has 0 bridgehead atoms. The van der Waals surface area contributed by atoms with Crippen molar-refractivity contribution in [3.8, 4) is 0 Å². The summed E-state index contributed by atoms with van der Waals surface area (Å²) in [5, 5.41) is 1.39. The van der Waals surface area contributed by atoms with E-state index in [2.05, 4.69) is 17.4 Å². The van der Waals surface area contributed by atoms with E-state index < -0.39 is 0 Å². The molecule has 4 heteroatoms. The van der Waals surface area contributed by atoms with Crippen molar-refractivity contribution in [1.29, 1.82) is 0 Å². The summed E-state index contributed by atoms with van der Waals surface area (Å²) in [6, 6.07) is 0. The average Bonchev–Trinajstić information content (AvgIpc) is 2.15. The second-order valence-corrected chi connectivity index (χ2v) is 2.62. The molecule has 0 saturated carbocycles. The summed E-state index contributed by atoms with van der Waals surface area (Å²) in [6.45, 7) is 10.9. The van der Waals surface area contributed by atoms with E-state index in [1.54, 1.807) is 0 Å². The highest BCUT2D eigenvalue weighted by Crippen LogP contribution is 1.99. The lowest BCUT2D eigenvalue weighted by Crippen LogP contribution is -2.52. The van der Waals surface area contributed by atoms with Gasteiger partial charge in [-0.15, -0.1) is 0 Å². The van der Waals surface area contributed by atoms with Crippen LogP contribution in [-0.2, 0) is 4.79 Å². The molecule has 0 radical (unpaired) electrons. The van der Waals surface area contributed by atoms with E-state index in [0.29, 0.717) is 25.1 Å². The van der Waals surface area contributed by atoms with Gasteiger partial charge in [0, 0.05) is 18.7 Å². The molecule has 4 nitrogen and oxygen atoms in total. The van der Waals surface area contributed by atoms with Gasteiger partial charge in [-0.05, 0) is 6.42 Å². The molecule has 0 rings (SSSR count). The van der Waals surface area contributed by atoms with Crippen LogP contribution in [0, 0.1) is 0 Å². The fourth-order valence-corrected chi connectivity index (χ4v) is 0.825. The second kappa shape index (κ2) is 6.62. The number of hydrazine groups is 2. The van der Waals surface area contributed by atoms with E-state index in [-0.39, 0.29) is 5.91 Å². The Hall–Kier alpha value is -0.870. The normalized spacial score (nSPS) is 9.77. The Morgan fingerprint density at radius 1 is 1.23 bits per heavy atom. The van der Waals surface area contributed by atoms with Crippen LogP contribution in [-0.4, -0.2) is 24.1 Å². The van der Waals surface area contributed by atoms with Gasteiger partial charge < -0.3 is 0 Å². The number of carbonyl (C=O) groups excluding carboxylic acids is 1. The van der Waals surface area contributed by atoms with Crippen LogP contribution in [0.25, 0.3) is 0 Å². The maximum Gasteiger partial charge on any atom is 0.278 e. The molecule has 0 heterocycles. The quantitative estimate of drug-likeness (QED) is 0.476. The SMILES string of the molecule is C=C(CC)C(=O)N(NCC)NCC. The van der Waals surface area contributed by atoms with Crippen molar-refractivity contribution < 1.29 is 4.79 Å². The Bertz CT molecular complexity index is 174. The standard InChI is InChI=1S/C9H19N3O/c1-5-8(4)9(13)12(10-6-2)11-7-3/h10-11H,4-7H2,1-3H3. The highest BCUT2D eigenvalue weighted by atomic mass is 16.2. The highest BCUT2D eigenvalue weighted by Gasteiger charge is 2.13. The zero-order chi connectivity index (χ0) is 10.3. The summed E-state index contributed by atoms with van der Waals surface area (Å²) >= 11 is 0. The molecule has 2 N–H and O–H groups in total. The molecule has 0 atom stereocenters. The lowest BCUT2D eigenvalue weighted by molar-refractivity contribution is -0.134. The Morgan fingerprint density at radius 3 is 2.00 bits per heavy atom. The van der Waals surface area contributed by atoms with Gasteiger partial charge in [-0.1, -0.05) is 27.4 Å². The van der Waals surface area contributed by atoms with Crippen LogP contribution in [0.5, 0.6) is 0 Å². The lowest BCUT2D eigenvalue weighted by atomic mass is 10.2. The first-order valence-corrected chi connectivity index (χ1v) is 4.66. The van der Waals surface area contributed by atoms with E-state index in [1.165, 1.54) is 5.12 Å². The van der Waals surface area contributed by atoms with E-state index in [1.807, 2.05) is 20.8 Å². The molecular formula is C9H19N3O. The molecule has 0 aliphatic carbocycles. The summed E-state index contributed by atoms with van der Waals surface area (Å²) in [7, 11) is 0. The number of nitrogens with one attached hydrogen (secondary N) is 2. The first kappa shape index (κ1) is 12.1. The first-order valence-electron chi connectivity index (χ1n) is 4.66. The van der Waals surface area contributed by atoms with Crippen molar-refractivity contribution in [2.24, 2.45) is 0 Å². The minimum absolute atomic E-state index is 0.0915. The second-order valence-electron chi connectivity index (χ2n) is 2.62. The lowest BCUT2D eigenvalue weighted by Gasteiger charge is -2.23. The Balaban J connectivity index is 4.18. The third-order valence-electron chi connectivity index (χ3n) is 1.56. The van der Waals surface area contributed by atoms with Gasteiger partial charge in [0.25, 0.3) is 5.91 Å². The van der Waals surface area contributed by atoms with Crippen LogP contribution in [0.3, 0.4) is 0 Å². The van der Waals surface area contributed by atoms with Gasteiger partial charge in [0.05, 0.1) is 0 Å². The molecule has 0 aliphatic rings. The number of hydrogen-bond acceptors (Lipinski definition) is 3. The summed E-state index contributed by atoms with van der Waals surface area (Å²) in [6.07, 6.45) is 0.673. The van der Waals surface area contributed by atoms with Crippen LogP contribution in [0.15, 0.2) is 12.2 Å². The van der Waals surface area contributed by atoms with Gasteiger partial charge >= 0.3 is 0 Å². The van der Waals surface area contributed by atoms with Gasteiger partial charge in [0.1, 0.15) is 0 Å². The smallest absolute Gasteiger partial charge is 0.267 e. The van der Waals surface area contributed by atoms with Crippen LogP contribution in [0.2, 0.25) is 0 Å². The molecule has 0 aromatic heterocycles. The molecule has 0 aromatic rings. The van der Waals surface area contributed by atoms with E-state index in [0.717, 1.165) is 0 Å². The fraction of sp³-hybridized carbons (Fsp3) is 0.667. The van der Waals surface area contributed by atoms with Crippen LogP contribution in [0.1, 0.15) is 27.2 Å². The van der Waals surface area contributed by atoms with Gasteiger partial charge in [-0.25, -0.2) is 16.0 Å². The summed E-state index contributed by atoms with van der Waals surface area (Å²) < 4.78 is 0. The van der Waals surface area contributed by atoms with E-state index >= 15 is 0 Å². The molecule has 0 aromatic carbocycles. The zero-order valence-corrected chi connectivity index (χ0v) is 8.68. The van der Waals surface area contributed by atoms with Crippen LogP contribution < -0.4 is 10.9 Å². The van der Waals surface area contributed by atoms with Gasteiger partial charge in [-0.3, -0.25) is 4.79 Å². The molecule has 0 unspecified atom stereocenters. The summed E-state index contributed by atoms with van der Waals surface area (Å²) in [5.41, 5.74) is 6.42. The van der Waals surface area contributed by atoms with Crippen LogP contribution in [0.4, 0.5) is 0 Å². The van der Waals surface area contributed by atoms with Gasteiger partial charge in [-0.2, -0.15) is 0 Å². The molecule has 13 heavy (non-hydrogen) atoms. The van der Waals surface area contributed by atoms with Crippen molar-refractivity contribution >= 4 is 5.91 Å². The van der Waals surface area contributed by atoms with Crippen molar-refractivity contribution in [3.05, 3.63) is 12.2 Å². The molecule has 0 fully saturated rings. The summed E-state index contributed by atoms with van der Waals surface area (Å²) in [5.74, 6) is -0.0915. The Labute approximate surface area is 79.9 Å². The maximum absolute atomic E-state index is 11.6. The minimum Gasteiger partial charge on any atom is -0.267 e. The summed E-state index contributed by atoms with van der Waals surface area (Å²) in [4.78, 5) is 11.6. The maximum atomic E-state index is 11.6. The molecule has 1 amide bonds. The fourth-order valence-electron chi connectivity index (χ4n) is 0.825. The Kier molecular flexibility index (Phi) is 6.18. The number of rotatable bonds is 6. The Morgan fingerprint density at radius 2 is 1.69 bits per heavy atom. The monoisotopic (exact) mass is 185 g/mol. The molecule has 0 spiro atoms. The average molecular weight is 185 g/mol. The van der Waals surface area contributed by atoms with E-state index in [4.69, 9.17) is 0 Å². The van der Waals surface area contributed by atoms with Gasteiger partial charge in [0.2, 0.25) is 0 Å². The number of nitrogens with zero attached hydrogens (tertiary/aromatic N) is 1. The minimum atomic E-state index is -0.0915. The third kappa shape index (κ3) is 4.05. The number of amides is 1. The number of hydrogen-bond donors (Lipinski definition) is 2. The molecule has 0 saturated heterocycles. The zero-order valence-electron chi connectivity index (χ0n) is 8.68. The predicted molar refractivity (Wildman–Crippen MR) is 53.6 cm³/mol. The molecular weight excluding hydrogens is 166 g/mol. The van der Waals surface area contributed by atoms with Crippen molar-refractivity contribution in [2.75, 3.05) is 13.1 Å². The molecule has 76 valence electrons. The topological polar surface area (TPSA) is 44.4 Å². The third-order valence-corrected chi connectivity index (χ3v) is 1.56. The number of carbonyl (C=O) groups is 1. The highest BCUT2D eigenvalue weighted by molar-refractivity contribution is 5.91. The van der Waals surface area contributed by atoms with Crippen LogP contribution >= 0.6 is 0 Å². The van der Waals surface area contributed by atoms with E-state index in [9.17, 15) is 4.79 Å². The molecule has 0 aliphatic heterocycles. The predicted octanol–water partition coefficient (Wildman–Crippen LogP) is 0.830. The van der Waals surface area contributed by atoms with Crippen molar-refractivity contribution in [2.45, 2.75) is 27.2 Å². The van der Waals surface area contributed by atoms with Crippen molar-refractivity contribution in [1.82, 2.24) is 16.0 Å². The first-order chi connectivity index (χ1) is 6.17. The van der Waals surface area contributed by atoms with Gasteiger partial charge in [0.15, 0.2) is 0 Å². The van der Waals surface area contributed by atoms with Crippen molar-refractivity contribution in [3.63, 3.8) is 0 Å².